The Hall–Kier alpha value is -1.26. The van der Waals surface area contributed by atoms with Crippen LogP contribution in [-0.2, 0) is 11.3 Å². The van der Waals surface area contributed by atoms with E-state index in [1.165, 1.54) is 0 Å². The van der Waals surface area contributed by atoms with Crippen molar-refractivity contribution in [3.05, 3.63) is 58.1 Å². The van der Waals surface area contributed by atoms with Crippen LogP contribution in [0.3, 0.4) is 0 Å². The van der Waals surface area contributed by atoms with Crippen molar-refractivity contribution in [2.45, 2.75) is 19.4 Å². The van der Waals surface area contributed by atoms with Crippen molar-refractivity contribution < 1.29 is 4.79 Å². The first-order valence-electron chi connectivity index (χ1n) is 8.17. The fraction of sp³-hybridized carbons (Fsp3) is 0.316. The predicted molar refractivity (Wildman–Crippen MR) is 107 cm³/mol. The summed E-state index contributed by atoms with van der Waals surface area (Å²) in [7, 11) is 0. The summed E-state index contributed by atoms with van der Waals surface area (Å²) in [4.78, 5) is 12.3. The molecule has 1 fully saturated rings. The van der Waals surface area contributed by atoms with Gasteiger partial charge in [0.15, 0.2) is 0 Å². The van der Waals surface area contributed by atoms with Crippen LogP contribution in [0.15, 0.2) is 42.5 Å². The van der Waals surface area contributed by atoms with Gasteiger partial charge in [-0.15, -0.1) is 12.4 Å². The maximum atomic E-state index is 12.3. The van der Waals surface area contributed by atoms with Gasteiger partial charge in [-0.2, -0.15) is 0 Å². The molecule has 3 rings (SSSR count). The van der Waals surface area contributed by atoms with Gasteiger partial charge in [-0.1, -0.05) is 53.5 Å². The van der Waals surface area contributed by atoms with E-state index in [2.05, 4.69) is 10.6 Å². The average Bonchev–Trinajstić information content (AvgIpc) is 2.61. The Balaban J connectivity index is 0.00000225. The van der Waals surface area contributed by atoms with Gasteiger partial charge >= 0.3 is 0 Å². The number of carbonyl (C=O) groups excluding carboxylic acids is 1. The fourth-order valence-corrected chi connectivity index (χ4v) is 3.57. The highest BCUT2D eigenvalue weighted by atomic mass is 35.5. The van der Waals surface area contributed by atoms with Crippen molar-refractivity contribution in [2.75, 3.05) is 13.1 Å². The Morgan fingerprint density at radius 1 is 1.08 bits per heavy atom. The third-order valence-corrected chi connectivity index (χ3v) is 4.95. The first-order chi connectivity index (χ1) is 11.6. The van der Waals surface area contributed by atoms with Crippen LogP contribution in [0.5, 0.6) is 0 Å². The normalized spacial score (nSPS) is 14.6. The van der Waals surface area contributed by atoms with Crippen LogP contribution in [-0.4, -0.2) is 19.0 Å². The van der Waals surface area contributed by atoms with Crippen molar-refractivity contribution in [3.63, 3.8) is 0 Å². The number of carbonyl (C=O) groups is 1. The summed E-state index contributed by atoms with van der Waals surface area (Å²) < 4.78 is 0. The van der Waals surface area contributed by atoms with Gasteiger partial charge in [0.2, 0.25) is 5.91 Å². The van der Waals surface area contributed by atoms with Gasteiger partial charge < -0.3 is 10.6 Å². The van der Waals surface area contributed by atoms with Gasteiger partial charge in [0.05, 0.1) is 0 Å². The largest absolute Gasteiger partial charge is 0.352 e. The molecule has 2 aromatic rings. The van der Waals surface area contributed by atoms with Crippen LogP contribution in [0.2, 0.25) is 10.0 Å². The smallest absolute Gasteiger partial charge is 0.223 e. The van der Waals surface area contributed by atoms with E-state index in [0.29, 0.717) is 16.6 Å². The number of benzene rings is 2. The summed E-state index contributed by atoms with van der Waals surface area (Å²) in [5, 5.41) is 7.58. The monoisotopic (exact) mass is 398 g/mol. The van der Waals surface area contributed by atoms with Crippen molar-refractivity contribution in [3.8, 4) is 11.1 Å². The molecule has 0 aromatic heterocycles. The zero-order valence-corrected chi connectivity index (χ0v) is 16.1. The van der Waals surface area contributed by atoms with Crippen LogP contribution in [0.25, 0.3) is 11.1 Å². The molecule has 2 N–H and O–H groups in total. The molecule has 1 saturated heterocycles. The lowest BCUT2D eigenvalue weighted by molar-refractivity contribution is -0.125. The molecule has 1 heterocycles. The van der Waals surface area contributed by atoms with Crippen LogP contribution >= 0.6 is 35.6 Å². The molecule has 1 aliphatic rings. The van der Waals surface area contributed by atoms with E-state index >= 15 is 0 Å². The molecule has 0 aliphatic carbocycles. The van der Waals surface area contributed by atoms with Gasteiger partial charge in [0.25, 0.3) is 0 Å². The summed E-state index contributed by atoms with van der Waals surface area (Å²) >= 11 is 12.3. The highest BCUT2D eigenvalue weighted by Crippen LogP contribution is 2.32. The van der Waals surface area contributed by atoms with Crippen molar-refractivity contribution in [1.29, 1.82) is 0 Å². The predicted octanol–water partition coefficient (Wildman–Crippen LogP) is 4.70. The summed E-state index contributed by atoms with van der Waals surface area (Å²) in [5.41, 5.74) is 2.99. The number of halogens is 3. The Kier molecular flexibility index (Phi) is 7.57. The summed E-state index contributed by atoms with van der Waals surface area (Å²) in [6.45, 7) is 2.32. The van der Waals surface area contributed by atoms with E-state index in [9.17, 15) is 4.79 Å². The number of rotatable bonds is 4. The quantitative estimate of drug-likeness (QED) is 0.782. The Labute approximate surface area is 164 Å². The second-order valence-electron chi connectivity index (χ2n) is 6.02. The van der Waals surface area contributed by atoms with E-state index in [4.69, 9.17) is 23.2 Å². The molecule has 1 aliphatic heterocycles. The average molecular weight is 400 g/mol. The van der Waals surface area contributed by atoms with Crippen LogP contribution < -0.4 is 10.6 Å². The zero-order valence-electron chi connectivity index (χ0n) is 13.7. The molecule has 1 amide bonds. The van der Waals surface area contributed by atoms with Gasteiger partial charge in [-0.3, -0.25) is 4.79 Å². The number of hydrogen-bond donors (Lipinski definition) is 2. The third-order valence-electron chi connectivity index (χ3n) is 4.40. The molecule has 0 bridgehead atoms. The number of amides is 1. The molecular weight excluding hydrogens is 379 g/mol. The molecule has 3 nitrogen and oxygen atoms in total. The highest BCUT2D eigenvalue weighted by Gasteiger charge is 2.20. The Morgan fingerprint density at radius 2 is 1.80 bits per heavy atom. The standard InChI is InChI=1S/C19H20Cl2N2O.ClH/c20-15-5-6-17(18(21)11-15)16-4-2-1-3-14(16)12-23-19(24)13-7-9-22-10-8-13;/h1-6,11,13,22H,7-10,12H2,(H,23,24);1H. The molecule has 0 unspecified atom stereocenters. The maximum Gasteiger partial charge on any atom is 0.223 e. The topological polar surface area (TPSA) is 41.1 Å². The van der Waals surface area contributed by atoms with Gasteiger partial charge in [0, 0.05) is 28.1 Å². The zero-order chi connectivity index (χ0) is 16.9. The van der Waals surface area contributed by atoms with E-state index in [0.717, 1.165) is 42.6 Å². The summed E-state index contributed by atoms with van der Waals surface area (Å²) in [5.74, 6) is 0.242. The van der Waals surface area contributed by atoms with Crippen molar-refractivity contribution in [2.24, 2.45) is 5.92 Å². The van der Waals surface area contributed by atoms with E-state index in [-0.39, 0.29) is 24.2 Å². The number of piperidine rings is 1. The SMILES string of the molecule is Cl.O=C(NCc1ccccc1-c1ccc(Cl)cc1Cl)C1CCNCC1. The fourth-order valence-electron chi connectivity index (χ4n) is 3.06. The lowest BCUT2D eigenvalue weighted by Gasteiger charge is -2.22. The first kappa shape index (κ1) is 20.1. The number of nitrogens with one attached hydrogen (secondary N) is 2. The van der Waals surface area contributed by atoms with Gasteiger partial charge in [0.1, 0.15) is 0 Å². The second-order valence-corrected chi connectivity index (χ2v) is 6.87. The lowest BCUT2D eigenvalue weighted by Crippen LogP contribution is -2.37. The minimum atomic E-state index is 0. The minimum Gasteiger partial charge on any atom is -0.352 e. The maximum absolute atomic E-state index is 12.3. The van der Waals surface area contributed by atoms with E-state index in [1.54, 1.807) is 6.07 Å². The minimum absolute atomic E-state index is 0. The number of hydrogen-bond acceptors (Lipinski definition) is 2. The van der Waals surface area contributed by atoms with Crippen LogP contribution in [0.1, 0.15) is 18.4 Å². The summed E-state index contributed by atoms with van der Waals surface area (Å²) in [6.07, 6.45) is 1.80. The van der Waals surface area contributed by atoms with E-state index < -0.39 is 0 Å². The van der Waals surface area contributed by atoms with Crippen molar-refractivity contribution in [1.82, 2.24) is 10.6 Å². The lowest BCUT2D eigenvalue weighted by atomic mass is 9.96. The summed E-state index contributed by atoms with van der Waals surface area (Å²) in [6, 6.07) is 13.5. The van der Waals surface area contributed by atoms with Crippen LogP contribution in [0.4, 0.5) is 0 Å². The Bertz CT molecular complexity index is 730. The Morgan fingerprint density at radius 3 is 2.52 bits per heavy atom. The first-order valence-corrected chi connectivity index (χ1v) is 8.92. The molecule has 25 heavy (non-hydrogen) atoms. The molecule has 0 radical (unpaired) electrons. The molecule has 0 atom stereocenters. The molecule has 134 valence electrons. The third kappa shape index (κ3) is 5.11. The van der Waals surface area contributed by atoms with Gasteiger partial charge in [-0.05, 0) is 49.2 Å². The van der Waals surface area contributed by atoms with Crippen LogP contribution in [0, 0.1) is 5.92 Å². The molecule has 0 saturated carbocycles. The van der Waals surface area contributed by atoms with Crippen molar-refractivity contribution >= 4 is 41.5 Å². The molecule has 0 spiro atoms. The molecule has 2 aromatic carbocycles. The van der Waals surface area contributed by atoms with Gasteiger partial charge in [-0.25, -0.2) is 0 Å². The molecular formula is C19H21Cl3N2O. The highest BCUT2D eigenvalue weighted by molar-refractivity contribution is 6.36. The second kappa shape index (κ2) is 9.44. The molecule has 6 heteroatoms. The van der Waals surface area contributed by atoms with E-state index in [1.807, 2.05) is 36.4 Å².